The molecule has 1 aromatic carbocycles. The van der Waals surface area contributed by atoms with Crippen molar-refractivity contribution in [3.63, 3.8) is 0 Å². The molecule has 0 heterocycles. The summed E-state index contributed by atoms with van der Waals surface area (Å²) in [6.45, 7) is 3.37. The fourth-order valence-corrected chi connectivity index (χ4v) is 1.05. The van der Waals surface area contributed by atoms with Gasteiger partial charge < -0.3 is 4.74 Å². The van der Waals surface area contributed by atoms with Crippen molar-refractivity contribution < 1.29 is 4.74 Å². The zero-order chi connectivity index (χ0) is 10.9. The van der Waals surface area contributed by atoms with Crippen LogP contribution in [0.1, 0.15) is 18.9 Å². The summed E-state index contributed by atoms with van der Waals surface area (Å²) in [5.74, 6) is 0. The highest BCUT2D eigenvalue weighted by molar-refractivity contribution is 5.64. The average Bonchev–Trinajstić information content (AvgIpc) is 2.30. The number of hydrogen-bond acceptors (Lipinski definition) is 3. The molecule has 0 spiro atoms. The maximum Gasteiger partial charge on any atom is 0.0991 e. The molecule has 15 heavy (non-hydrogen) atoms. The lowest BCUT2D eigenvalue weighted by Crippen LogP contribution is -1.95. The molecule has 3 heteroatoms. The molecular formula is C12H14N2O. The molecular weight excluding hydrogens is 188 g/mol. The minimum Gasteiger partial charge on any atom is -0.376 e. The summed E-state index contributed by atoms with van der Waals surface area (Å²) >= 11 is 0. The third-order valence-corrected chi connectivity index (χ3v) is 1.78. The van der Waals surface area contributed by atoms with Gasteiger partial charge in [0, 0.05) is 12.8 Å². The summed E-state index contributed by atoms with van der Waals surface area (Å²) in [7, 11) is 0. The van der Waals surface area contributed by atoms with Gasteiger partial charge in [0.05, 0.1) is 23.9 Å². The van der Waals surface area contributed by atoms with Gasteiger partial charge in [0.25, 0.3) is 0 Å². The Hall–Kier alpha value is -1.66. The van der Waals surface area contributed by atoms with Crippen molar-refractivity contribution in [1.29, 1.82) is 5.26 Å². The molecule has 0 saturated carbocycles. The van der Waals surface area contributed by atoms with Crippen LogP contribution in [-0.4, -0.2) is 19.4 Å². The predicted octanol–water partition coefficient (Wildman–Crippen LogP) is 2.69. The van der Waals surface area contributed by atoms with Crippen LogP contribution in [0.3, 0.4) is 0 Å². The Morgan fingerprint density at radius 3 is 2.73 bits per heavy atom. The average molecular weight is 202 g/mol. The summed E-state index contributed by atoms with van der Waals surface area (Å²) in [5.41, 5.74) is 1.49. The van der Waals surface area contributed by atoms with Gasteiger partial charge in [-0.15, -0.1) is 0 Å². The SMILES string of the molecule is CCCOCC=Nc1ccc(C#N)cc1. The molecule has 1 rings (SSSR count). The molecule has 78 valence electrons. The van der Waals surface area contributed by atoms with Gasteiger partial charge in [-0.2, -0.15) is 5.26 Å². The van der Waals surface area contributed by atoms with Gasteiger partial charge >= 0.3 is 0 Å². The molecule has 0 aliphatic carbocycles. The molecule has 0 aromatic heterocycles. The molecule has 0 radical (unpaired) electrons. The quantitative estimate of drug-likeness (QED) is 0.544. The second-order valence-electron chi connectivity index (χ2n) is 3.05. The number of nitriles is 1. The Bertz CT molecular complexity index is 349. The molecule has 0 N–H and O–H groups in total. The Labute approximate surface area is 90.0 Å². The van der Waals surface area contributed by atoms with Crippen LogP contribution in [0, 0.1) is 11.3 Å². The van der Waals surface area contributed by atoms with E-state index in [0.717, 1.165) is 18.7 Å². The minimum atomic E-state index is 0.536. The van der Waals surface area contributed by atoms with Crippen molar-refractivity contribution in [2.45, 2.75) is 13.3 Å². The second-order valence-corrected chi connectivity index (χ2v) is 3.05. The first-order chi connectivity index (χ1) is 7.36. The molecule has 0 aliphatic heterocycles. The van der Waals surface area contributed by atoms with Gasteiger partial charge in [0.1, 0.15) is 0 Å². The summed E-state index contributed by atoms with van der Waals surface area (Å²) < 4.78 is 5.25. The highest BCUT2D eigenvalue weighted by Crippen LogP contribution is 2.11. The maximum atomic E-state index is 8.59. The molecule has 3 nitrogen and oxygen atoms in total. The van der Waals surface area contributed by atoms with E-state index in [0.29, 0.717) is 12.2 Å². The number of benzene rings is 1. The topological polar surface area (TPSA) is 45.4 Å². The highest BCUT2D eigenvalue weighted by Gasteiger charge is 1.89. The lowest BCUT2D eigenvalue weighted by molar-refractivity contribution is 0.175. The van der Waals surface area contributed by atoms with E-state index in [1.807, 2.05) is 12.1 Å². The third kappa shape index (κ3) is 4.39. The van der Waals surface area contributed by atoms with Crippen LogP contribution in [0.15, 0.2) is 29.3 Å². The Kier molecular flexibility index (Phi) is 5.13. The van der Waals surface area contributed by atoms with Crippen LogP contribution in [0.4, 0.5) is 5.69 Å². The summed E-state index contributed by atoms with van der Waals surface area (Å²) in [5, 5.41) is 8.59. The lowest BCUT2D eigenvalue weighted by Gasteiger charge is -1.96. The first-order valence-electron chi connectivity index (χ1n) is 4.97. The van der Waals surface area contributed by atoms with Crippen molar-refractivity contribution in [2.24, 2.45) is 4.99 Å². The molecule has 1 aromatic rings. The Morgan fingerprint density at radius 1 is 1.40 bits per heavy atom. The van der Waals surface area contributed by atoms with Gasteiger partial charge in [0.2, 0.25) is 0 Å². The standard InChI is InChI=1S/C12H14N2O/c1-2-8-15-9-7-14-12-5-3-11(10-13)4-6-12/h3-7H,2,8-9H2,1H3. The van der Waals surface area contributed by atoms with Crippen LogP contribution in [0.2, 0.25) is 0 Å². The summed E-state index contributed by atoms with van der Waals surface area (Å²) in [4.78, 5) is 4.19. The fraction of sp³-hybridized carbons (Fsp3) is 0.333. The minimum absolute atomic E-state index is 0.536. The van der Waals surface area contributed by atoms with Gasteiger partial charge in [-0.05, 0) is 30.7 Å². The highest BCUT2D eigenvalue weighted by atomic mass is 16.5. The van der Waals surface area contributed by atoms with Crippen LogP contribution >= 0.6 is 0 Å². The van der Waals surface area contributed by atoms with Crippen molar-refractivity contribution in [3.8, 4) is 6.07 Å². The van der Waals surface area contributed by atoms with Crippen molar-refractivity contribution in [2.75, 3.05) is 13.2 Å². The van der Waals surface area contributed by atoms with Crippen molar-refractivity contribution in [1.82, 2.24) is 0 Å². The first kappa shape index (κ1) is 11.4. The summed E-state index contributed by atoms with van der Waals surface area (Å²) in [6, 6.07) is 9.19. The smallest absolute Gasteiger partial charge is 0.0991 e. The maximum absolute atomic E-state index is 8.59. The summed E-state index contributed by atoms with van der Waals surface area (Å²) in [6.07, 6.45) is 2.75. The monoisotopic (exact) mass is 202 g/mol. The van der Waals surface area contributed by atoms with E-state index in [1.165, 1.54) is 0 Å². The van der Waals surface area contributed by atoms with Crippen molar-refractivity contribution >= 4 is 11.9 Å². The van der Waals surface area contributed by atoms with Crippen LogP contribution < -0.4 is 0 Å². The third-order valence-electron chi connectivity index (χ3n) is 1.78. The zero-order valence-corrected chi connectivity index (χ0v) is 8.81. The van der Waals surface area contributed by atoms with Crippen LogP contribution in [0.5, 0.6) is 0 Å². The van der Waals surface area contributed by atoms with Crippen molar-refractivity contribution in [3.05, 3.63) is 29.8 Å². The van der Waals surface area contributed by atoms with E-state index in [4.69, 9.17) is 10.00 Å². The van der Waals surface area contributed by atoms with Gasteiger partial charge in [-0.3, -0.25) is 4.99 Å². The number of hydrogen-bond donors (Lipinski definition) is 0. The molecule has 0 saturated heterocycles. The molecule has 0 bridgehead atoms. The number of aliphatic imine (C=N–C) groups is 1. The van der Waals surface area contributed by atoms with E-state index in [9.17, 15) is 0 Å². The van der Waals surface area contributed by atoms with E-state index in [2.05, 4.69) is 18.0 Å². The van der Waals surface area contributed by atoms with E-state index < -0.39 is 0 Å². The molecule has 0 atom stereocenters. The number of rotatable bonds is 5. The van der Waals surface area contributed by atoms with E-state index in [-0.39, 0.29) is 0 Å². The largest absolute Gasteiger partial charge is 0.376 e. The normalized spacial score (nSPS) is 10.4. The Balaban J connectivity index is 2.40. The van der Waals surface area contributed by atoms with Gasteiger partial charge in [0.15, 0.2) is 0 Å². The lowest BCUT2D eigenvalue weighted by atomic mass is 10.2. The van der Waals surface area contributed by atoms with Crippen LogP contribution in [0.25, 0.3) is 0 Å². The first-order valence-corrected chi connectivity index (χ1v) is 4.97. The molecule has 0 fully saturated rings. The number of ether oxygens (including phenoxy) is 1. The van der Waals surface area contributed by atoms with E-state index >= 15 is 0 Å². The number of nitrogens with zero attached hydrogens (tertiary/aromatic N) is 2. The van der Waals surface area contributed by atoms with Crippen LogP contribution in [-0.2, 0) is 4.74 Å². The predicted molar refractivity (Wildman–Crippen MR) is 60.4 cm³/mol. The van der Waals surface area contributed by atoms with Gasteiger partial charge in [-0.1, -0.05) is 6.92 Å². The molecule has 0 unspecified atom stereocenters. The Morgan fingerprint density at radius 2 is 2.13 bits per heavy atom. The van der Waals surface area contributed by atoms with E-state index in [1.54, 1.807) is 18.3 Å². The second kappa shape index (κ2) is 6.74. The fourth-order valence-electron chi connectivity index (χ4n) is 1.05. The zero-order valence-electron chi connectivity index (χ0n) is 8.81. The molecule has 0 aliphatic rings. The molecule has 0 amide bonds. The van der Waals surface area contributed by atoms with Gasteiger partial charge in [-0.25, -0.2) is 0 Å².